The van der Waals surface area contributed by atoms with Gasteiger partial charge in [-0.15, -0.1) is 0 Å². The van der Waals surface area contributed by atoms with E-state index in [0.717, 1.165) is 6.33 Å². The lowest BCUT2D eigenvalue weighted by Gasteiger charge is -2.03. The van der Waals surface area contributed by atoms with Crippen LogP contribution in [0.25, 0.3) is 0 Å². The molecule has 0 atom stereocenters. The summed E-state index contributed by atoms with van der Waals surface area (Å²) in [5.74, 6) is -0.188. The molecule has 9 heavy (non-hydrogen) atoms. The number of aromatic nitrogens is 3. The zero-order valence-electron chi connectivity index (χ0n) is 4.31. The van der Waals surface area contributed by atoms with Crippen LogP contribution in [0.4, 0.5) is 5.95 Å². The van der Waals surface area contributed by atoms with Crippen LogP contribution in [0.1, 0.15) is 0 Å². The van der Waals surface area contributed by atoms with Crippen molar-refractivity contribution in [1.29, 1.82) is 0 Å². The Labute approximate surface area is 49.6 Å². The smallest absolute Gasteiger partial charge is 0.347 e. The van der Waals surface area contributed by atoms with Crippen LogP contribution in [0, 0.1) is 5.21 Å². The minimum atomic E-state index is -0.942. The zero-order chi connectivity index (χ0) is 6.85. The zero-order valence-corrected chi connectivity index (χ0v) is 4.31. The van der Waals surface area contributed by atoms with Gasteiger partial charge < -0.3 is 15.7 Å². The monoisotopic (exact) mass is 127 g/mol. The number of anilines is 1. The summed E-state index contributed by atoms with van der Waals surface area (Å²) in [6.45, 7) is 0. The molecule has 1 aromatic rings. The number of hydrogen-bond acceptors (Lipinski definition) is 5. The summed E-state index contributed by atoms with van der Waals surface area (Å²) in [6.07, 6.45) is 0.769. The van der Waals surface area contributed by atoms with Gasteiger partial charge >= 0.3 is 5.69 Å². The summed E-state index contributed by atoms with van der Waals surface area (Å²) >= 11 is 0. The Morgan fingerprint density at radius 2 is 2.44 bits per heavy atom. The summed E-state index contributed by atoms with van der Waals surface area (Å²) < 4.78 is -0.00361. The Morgan fingerprint density at radius 3 is 2.89 bits per heavy atom. The number of hydrogen-bond donors (Lipinski definition) is 1. The molecular formula is C3H3N4O2-. The molecule has 1 rings (SSSR count). The lowest BCUT2D eigenvalue weighted by atomic mass is 11.0. The molecule has 1 aromatic heterocycles. The van der Waals surface area contributed by atoms with E-state index >= 15 is 0 Å². The maximum atomic E-state index is 10.3. The predicted molar refractivity (Wildman–Crippen MR) is 29.5 cm³/mol. The molecule has 0 bridgehead atoms. The van der Waals surface area contributed by atoms with Crippen molar-refractivity contribution in [2.24, 2.45) is 0 Å². The Balaban J connectivity index is 3.34. The van der Waals surface area contributed by atoms with Crippen molar-refractivity contribution < 1.29 is 0 Å². The molecule has 2 N–H and O–H groups in total. The molecule has 0 aromatic carbocycles. The summed E-state index contributed by atoms with van der Waals surface area (Å²) in [7, 11) is 0. The van der Waals surface area contributed by atoms with E-state index < -0.39 is 5.69 Å². The molecule has 1 heterocycles. The fourth-order valence-electron chi connectivity index (χ4n) is 0.337. The van der Waals surface area contributed by atoms with Crippen LogP contribution >= 0.6 is 0 Å². The quantitative estimate of drug-likeness (QED) is 0.460. The van der Waals surface area contributed by atoms with Gasteiger partial charge in [0, 0.05) is 0 Å². The summed E-state index contributed by atoms with van der Waals surface area (Å²) in [5.41, 5.74) is 4.01. The molecule has 0 radical (unpaired) electrons. The van der Waals surface area contributed by atoms with E-state index in [1.807, 2.05) is 0 Å². The molecule has 0 fully saturated rings. The predicted octanol–water partition coefficient (Wildman–Crippen LogP) is -1.43. The molecule has 0 aliphatic rings. The number of nitrogen functional groups attached to an aromatic ring is 1. The topological polar surface area (TPSA) is 96.9 Å². The molecule has 0 spiro atoms. The Hall–Kier alpha value is -1.59. The third-order valence-electron chi connectivity index (χ3n) is 0.694. The highest BCUT2D eigenvalue weighted by Gasteiger charge is 1.87. The van der Waals surface area contributed by atoms with Crippen molar-refractivity contribution in [1.82, 2.24) is 14.7 Å². The second kappa shape index (κ2) is 1.73. The number of rotatable bonds is 0. The molecule has 0 saturated heterocycles. The van der Waals surface area contributed by atoms with Gasteiger partial charge in [0.25, 0.3) is 0 Å². The van der Waals surface area contributed by atoms with Crippen LogP contribution in [-0.2, 0) is 0 Å². The van der Waals surface area contributed by atoms with E-state index in [1.54, 1.807) is 0 Å². The molecular weight excluding hydrogens is 124 g/mol. The third kappa shape index (κ3) is 0.958. The summed E-state index contributed by atoms with van der Waals surface area (Å²) in [4.78, 5) is 16.6. The third-order valence-corrected chi connectivity index (χ3v) is 0.694. The minimum absolute atomic E-state index is 0.00361. The van der Waals surface area contributed by atoms with E-state index in [-0.39, 0.29) is 10.7 Å². The fourth-order valence-corrected chi connectivity index (χ4v) is 0.337. The van der Waals surface area contributed by atoms with Crippen LogP contribution in [0.3, 0.4) is 0 Å². The first-order valence-corrected chi connectivity index (χ1v) is 2.09. The van der Waals surface area contributed by atoms with E-state index in [0.29, 0.717) is 0 Å². The molecule has 6 nitrogen and oxygen atoms in total. The Kier molecular flexibility index (Phi) is 1.07. The summed E-state index contributed by atoms with van der Waals surface area (Å²) in [5, 5.41) is 10.2. The van der Waals surface area contributed by atoms with E-state index in [2.05, 4.69) is 9.97 Å². The van der Waals surface area contributed by atoms with Crippen molar-refractivity contribution in [3.8, 4) is 0 Å². The van der Waals surface area contributed by atoms with Gasteiger partial charge in [0.15, 0.2) is 0 Å². The average molecular weight is 127 g/mol. The minimum Gasteiger partial charge on any atom is -0.801 e. The highest BCUT2D eigenvalue weighted by Crippen LogP contribution is 1.77. The van der Waals surface area contributed by atoms with Gasteiger partial charge in [0.05, 0.1) is 6.33 Å². The van der Waals surface area contributed by atoms with Crippen molar-refractivity contribution in [2.45, 2.75) is 0 Å². The van der Waals surface area contributed by atoms with Gasteiger partial charge in [-0.2, -0.15) is 4.98 Å². The lowest BCUT2D eigenvalue weighted by molar-refractivity contribution is 0.873. The highest BCUT2D eigenvalue weighted by molar-refractivity contribution is 5.09. The number of nitrogens with two attached hydrogens (primary N) is 1. The summed E-state index contributed by atoms with van der Waals surface area (Å²) in [6, 6.07) is 0. The van der Waals surface area contributed by atoms with E-state index in [1.165, 1.54) is 0 Å². The first kappa shape index (κ1) is 5.54. The molecule has 6 heteroatoms. The van der Waals surface area contributed by atoms with Crippen molar-refractivity contribution >= 4 is 5.95 Å². The van der Waals surface area contributed by atoms with Gasteiger partial charge in [-0.3, -0.25) is 0 Å². The highest BCUT2D eigenvalue weighted by atomic mass is 16.5. The normalized spacial score (nSPS) is 9.33. The molecule has 48 valence electrons. The largest absolute Gasteiger partial charge is 0.801 e. The SMILES string of the molecule is Nc1ncn([O-])c(=O)n1. The molecule has 0 unspecified atom stereocenters. The number of nitrogens with zero attached hydrogens (tertiary/aromatic N) is 3. The average Bonchev–Trinajstić information content (AvgIpc) is 1.80. The maximum Gasteiger partial charge on any atom is 0.347 e. The van der Waals surface area contributed by atoms with Crippen LogP contribution in [0.5, 0.6) is 0 Å². The molecule has 0 aliphatic heterocycles. The van der Waals surface area contributed by atoms with Crippen LogP contribution < -0.4 is 11.4 Å². The van der Waals surface area contributed by atoms with E-state index in [4.69, 9.17) is 5.73 Å². The Morgan fingerprint density at radius 1 is 1.78 bits per heavy atom. The Bertz CT molecular complexity index is 267. The van der Waals surface area contributed by atoms with Gasteiger partial charge in [-0.25, -0.2) is 9.78 Å². The van der Waals surface area contributed by atoms with Gasteiger partial charge in [0.1, 0.15) is 0 Å². The van der Waals surface area contributed by atoms with Gasteiger partial charge in [0.2, 0.25) is 5.95 Å². The standard InChI is InChI=1S/C3H3N4O2/c4-2-5-1-7(9)3(8)6-2/h1H,(H2,4,6,8)/q-1. The maximum absolute atomic E-state index is 10.3. The molecule has 0 amide bonds. The van der Waals surface area contributed by atoms with Crippen molar-refractivity contribution in [3.63, 3.8) is 0 Å². The molecule has 0 saturated carbocycles. The van der Waals surface area contributed by atoms with Gasteiger partial charge in [-0.05, 0) is 0 Å². The van der Waals surface area contributed by atoms with Crippen LogP contribution in [0.2, 0.25) is 0 Å². The molecule has 0 aliphatic carbocycles. The van der Waals surface area contributed by atoms with E-state index in [9.17, 15) is 10.0 Å². The van der Waals surface area contributed by atoms with Crippen molar-refractivity contribution in [2.75, 3.05) is 5.73 Å². The second-order valence-corrected chi connectivity index (χ2v) is 1.32. The first-order chi connectivity index (χ1) is 4.20. The first-order valence-electron chi connectivity index (χ1n) is 2.09. The van der Waals surface area contributed by atoms with Crippen LogP contribution in [-0.4, -0.2) is 14.7 Å². The van der Waals surface area contributed by atoms with Crippen LogP contribution in [0.15, 0.2) is 11.1 Å². The lowest BCUT2D eigenvalue weighted by Crippen LogP contribution is -2.20. The van der Waals surface area contributed by atoms with Gasteiger partial charge in [-0.1, -0.05) is 0 Å². The fraction of sp³-hybridized carbons (Fsp3) is 0. The second-order valence-electron chi connectivity index (χ2n) is 1.32. The van der Waals surface area contributed by atoms with Crippen molar-refractivity contribution in [3.05, 3.63) is 22.0 Å².